The minimum atomic E-state index is 0.0134. The first-order chi connectivity index (χ1) is 11.5. The molecule has 0 aromatic heterocycles. The van der Waals surface area contributed by atoms with Crippen molar-refractivity contribution in [2.24, 2.45) is 11.8 Å². The first kappa shape index (κ1) is 18.8. The molecule has 2 unspecified atom stereocenters. The van der Waals surface area contributed by atoms with E-state index in [1.807, 2.05) is 18.7 Å². The van der Waals surface area contributed by atoms with Gasteiger partial charge in [0, 0.05) is 25.6 Å². The fraction of sp³-hybridized carbons (Fsp3) is 0.650. The van der Waals surface area contributed by atoms with Gasteiger partial charge in [-0.3, -0.25) is 0 Å². The van der Waals surface area contributed by atoms with E-state index in [-0.39, 0.29) is 12.1 Å². The molecule has 2 rings (SSSR count). The molecule has 4 heteroatoms. The Bertz CT molecular complexity index is 507. The van der Waals surface area contributed by atoms with Gasteiger partial charge in [0.1, 0.15) is 0 Å². The van der Waals surface area contributed by atoms with Gasteiger partial charge in [0.15, 0.2) is 0 Å². The van der Waals surface area contributed by atoms with Gasteiger partial charge >= 0.3 is 6.03 Å². The van der Waals surface area contributed by atoms with Crippen molar-refractivity contribution in [3.8, 4) is 0 Å². The van der Waals surface area contributed by atoms with Crippen LogP contribution in [0.15, 0.2) is 24.3 Å². The van der Waals surface area contributed by atoms with Crippen molar-refractivity contribution in [2.45, 2.75) is 46.6 Å². The number of amides is 2. The van der Waals surface area contributed by atoms with Gasteiger partial charge in [-0.1, -0.05) is 38.1 Å². The zero-order chi connectivity index (χ0) is 17.5. The Hall–Kier alpha value is -1.55. The van der Waals surface area contributed by atoms with Crippen molar-refractivity contribution in [3.05, 3.63) is 35.4 Å². The lowest BCUT2D eigenvalue weighted by Crippen LogP contribution is -2.43. The molecule has 1 aliphatic heterocycles. The second kappa shape index (κ2) is 9.07. The SMILES string of the molecule is CCN(CC1CCOC1)C(=O)NC(C)c1ccc(CC(C)C)cc1. The molecular formula is C20H32N2O2. The maximum Gasteiger partial charge on any atom is 0.317 e. The molecule has 24 heavy (non-hydrogen) atoms. The normalized spacial score (nSPS) is 18.6. The van der Waals surface area contributed by atoms with Gasteiger partial charge in [-0.25, -0.2) is 4.79 Å². The molecule has 4 nitrogen and oxygen atoms in total. The topological polar surface area (TPSA) is 41.6 Å². The van der Waals surface area contributed by atoms with E-state index >= 15 is 0 Å². The molecule has 1 aromatic carbocycles. The van der Waals surface area contributed by atoms with Crippen LogP contribution in [0.1, 0.15) is 51.3 Å². The maximum atomic E-state index is 12.5. The molecule has 1 N–H and O–H groups in total. The summed E-state index contributed by atoms with van der Waals surface area (Å²) >= 11 is 0. The van der Waals surface area contributed by atoms with Crippen molar-refractivity contribution in [2.75, 3.05) is 26.3 Å². The summed E-state index contributed by atoms with van der Waals surface area (Å²) in [5.41, 5.74) is 2.50. The fourth-order valence-corrected chi connectivity index (χ4v) is 3.17. The predicted molar refractivity (Wildman–Crippen MR) is 98.1 cm³/mol. The van der Waals surface area contributed by atoms with Crippen LogP contribution >= 0.6 is 0 Å². The van der Waals surface area contributed by atoms with Crippen LogP contribution in [0.25, 0.3) is 0 Å². The van der Waals surface area contributed by atoms with Gasteiger partial charge in [-0.15, -0.1) is 0 Å². The Labute approximate surface area is 146 Å². The molecule has 2 atom stereocenters. The third-order valence-corrected chi connectivity index (χ3v) is 4.64. The quantitative estimate of drug-likeness (QED) is 0.819. The molecule has 1 aromatic rings. The van der Waals surface area contributed by atoms with E-state index in [4.69, 9.17) is 4.74 Å². The van der Waals surface area contributed by atoms with Crippen LogP contribution in [-0.2, 0) is 11.2 Å². The minimum absolute atomic E-state index is 0.0134. The molecule has 0 aliphatic carbocycles. The number of benzene rings is 1. The molecule has 1 heterocycles. The van der Waals surface area contributed by atoms with Crippen molar-refractivity contribution in [1.82, 2.24) is 10.2 Å². The molecule has 134 valence electrons. The summed E-state index contributed by atoms with van der Waals surface area (Å²) < 4.78 is 5.41. The number of hydrogen-bond donors (Lipinski definition) is 1. The summed E-state index contributed by atoms with van der Waals surface area (Å²) in [6, 6.07) is 8.63. The van der Waals surface area contributed by atoms with Crippen LogP contribution < -0.4 is 5.32 Å². The van der Waals surface area contributed by atoms with E-state index in [9.17, 15) is 4.79 Å². The van der Waals surface area contributed by atoms with E-state index in [0.29, 0.717) is 11.8 Å². The summed E-state index contributed by atoms with van der Waals surface area (Å²) in [6.45, 7) is 11.6. The van der Waals surface area contributed by atoms with Crippen molar-refractivity contribution in [1.29, 1.82) is 0 Å². The summed E-state index contributed by atoms with van der Waals surface area (Å²) in [5.74, 6) is 1.13. The molecule has 0 radical (unpaired) electrons. The minimum Gasteiger partial charge on any atom is -0.381 e. The molecule has 0 saturated carbocycles. The van der Waals surface area contributed by atoms with Crippen molar-refractivity contribution in [3.63, 3.8) is 0 Å². The number of urea groups is 1. The smallest absolute Gasteiger partial charge is 0.317 e. The first-order valence-electron chi connectivity index (χ1n) is 9.21. The van der Waals surface area contributed by atoms with Gasteiger partial charge in [0.05, 0.1) is 12.6 Å². The second-order valence-electron chi connectivity index (χ2n) is 7.28. The van der Waals surface area contributed by atoms with Gasteiger partial charge in [-0.2, -0.15) is 0 Å². The number of hydrogen-bond acceptors (Lipinski definition) is 2. The van der Waals surface area contributed by atoms with E-state index < -0.39 is 0 Å². The fourth-order valence-electron chi connectivity index (χ4n) is 3.17. The van der Waals surface area contributed by atoms with Crippen molar-refractivity contribution >= 4 is 6.03 Å². The molecule has 1 aliphatic rings. The highest BCUT2D eigenvalue weighted by atomic mass is 16.5. The van der Waals surface area contributed by atoms with Crippen LogP contribution in [0.5, 0.6) is 0 Å². The lowest BCUT2D eigenvalue weighted by Gasteiger charge is -2.26. The van der Waals surface area contributed by atoms with E-state index in [2.05, 4.69) is 43.4 Å². The number of rotatable bonds is 7. The zero-order valence-corrected chi connectivity index (χ0v) is 15.5. The van der Waals surface area contributed by atoms with Crippen LogP contribution in [0.4, 0.5) is 4.79 Å². The van der Waals surface area contributed by atoms with Crippen LogP contribution in [0.3, 0.4) is 0 Å². The van der Waals surface area contributed by atoms with E-state index in [1.54, 1.807) is 0 Å². The first-order valence-corrected chi connectivity index (χ1v) is 9.21. The molecule has 1 fully saturated rings. The highest BCUT2D eigenvalue weighted by molar-refractivity contribution is 5.74. The number of nitrogens with one attached hydrogen (secondary N) is 1. The number of carbonyl (C=O) groups excluding carboxylic acids is 1. The van der Waals surface area contributed by atoms with Gasteiger partial charge < -0.3 is 15.0 Å². The van der Waals surface area contributed by atoms with Gasteiger partial charge in [0.25, 0.3) is 0 Å². The Morgan fingerprint density at radius 2 is 2.00 bits per heavy atom. The average Bonchev–Trinajstić information content (AvgIpc) is 3.05. The Morgan fingerprint density at radius 3 is 2.54 bits per heavy atom. The van der Waals surface area contributed by atoms with Crippen LogP contribution in [0, 0.1) is 11.8 Å². The summed E-state index contributed by atoms with van der Waals surface area (Å²) in [7, 11) is 0. The van der Waals surface area contributed by atoms with Crippen LogP contribution in [-0.4, -0.2) is 37.2 Å². The second-order valence-corrected chi connectivity index (χ2v) is 7.28. The maximum absolute atomic E-state index is 12.5. The average molecular weight is 332 g/mol. The molecular weight excluding hydrogens is 300 g/mol. The Balaban J connectivity index is 1.89. The van der Waals surface area contributed by atoms with Gasteiger partial charge in [-0.05, 0) is 43.7 Å². The Kier molecular flexibility index (Phi) is 7.10. The lowest BCUT2D eigenvalue weighted by atomic mass is 10.00. The standard InChI is InChI=1S/C20H32N2O2/c1-5-22(13-18-10-11-24-14-18)20(23)21-16(4)19-8-6-17(7-9-19)12-15(2)3/h6-9,15-16,18H,5,10-14H2,1-4H3,(H,21,23). The predicted octanol–water partition coefficient (Wildman–Crippen LogP) is 4.01. The number of nitrogens with zero attached hydrogens (tertiary/aromatic N) is 1. The summed E-state index contributed by atoms with van der Waals surface area (Å²) in [6.07, 6.45) is 2.14. The summed E-state index contributed by atoms with van der Waals surface area (Å²) in [4.78, 5) is 14.4. The third kappa shape index (κ3) is 5.52. The number of ether oxygens (including phenoxy) is 1. The molecule has 2 amide bonds. The number of carbonyl (C=O) groups is 1. The third-order valence-electron chi connectivity index (χ3n) is 4.64. The van der Waals surface area contributed by atoms with Crippen molar-refractivity contribution < 1.29 is 9.53 Å². The Morgan fingerprint density at radius 1 is 1.29 bits per heavy atom. The highest BCUT2D eigenvalue weighted by Gasteiger charge is 2.22. The van der Waals surface area contributed by atoms with Gasteiger partial charge in [0.2, 0.25) is 0 Å². The van der Waals surface area contributed by atoms with Crippen LogP contribution in [0.2, 0.25) is 0 Å². The largest absolute Gasteiger partial charge is 0.381 e. The zero-order valence-electron chi connectivity index (χ0n) is 15.5. The van der Waals surface area contributed by atoms with E-state index in [0.717, 1.165) is 44.7 Å². The summed E-state index contributed by atoms with van der Waals surface area (Å²) in [5, 5.41) is 3.13. The highest BCUT2D eigenvalue weighted by Crippen LogP contribution is 2.17. The molecule has 1 saturated heterocycles. The monoisotopic (exact) mass is 332 g/mol. The molecule has 0 spiro atoms. The van der Waals surface area contributed by atoms with E-state index in [1.165, 1.54) is 5.56 Å². The lowest BCUT2D eigenvalue weighted by molar-refractivity contribution is 0.165. The molecule has 0 bridgehead atoms.